The first-order chi connectivity index (χ1) is 12.7. The fourth-order valence-corrected chi connectivity index (χ4v) is 4.52. The summed E-state index contributed by atoms with van der Waals surface area (Å²) >= 11 is 11.3. The number of piperazine rings is 1. The first-order valence-corrected chi connectivity index (χ1v) is 10.7. The van der Waals surface area contributed by atoms with Gasteiger partial charge in [-0.1, -0.05) is 45.7 Å². The lowest BCUT2D eigenvalue weighted by molar-refractivity contribution is 0.249. The topological polar surface area (TPSA) is 19.4 Å². The minimum Gasteiger partial charge on any atom is -0.369 e. The SMILES string of the molecule is Clc1ccc(-c2csc(CN3CCN(c4cccc(Br)c4)CC3)n2)cc1. The Morgan fingerprint density at radius 3 is 2.54 bits per heavy atom. The van der Waals surface area contributed by atoms with Gasteiger partial charge in [0.15, 0.2) is 0 Å². The maximum Gasteiger partial charge on any atom is 0.107 e. The molecule has 0 bridgehead atoms. The molecule has 1 aliphatic heterocycles. The number of halogens is 2. The molecule has 1 aliphatic rings. The number of rotatable bonds is 4. The number of benzene rings is 2. The van der Waals surface area contributed by atoms with E-state index in [-0.39, 0.29) is 0 Å². The van der Waals surface area contributed by atoms with Crippen LogP contribution in [0.25, 0.3) is 11.3 Å². The van der Waals surface area contributed by atoms with Crippen molar-refractivity contribution in [3.05, 3.63) is 68.4 Å². The van der Waals surface area contributed by atoms with Gasteiger partial charge in [-0.05, 0) is 30.3 Å². The highest BCUT2D eigenvalue weighted by atomic mass is 79.9. The Kier molecular flexibility index (Phi) is 5.60. The van der Waals surface area contributed by atoms with E-state index in [1.54, 1.807) is 11.3 Å². The van der Waals surface area contributed by atoms with E-state index in [9.17, 15) is 0 Å². The number of anilines is 1. The largest absolute Gasteiger partial charge is 0.369 e. The molecule has 1 saturated heterocycles. The molecule has 6 heteroatoms. The van der Waals surface area contributed by atoms with Gasteiger partial charge in [-0.3, -0.25) is 4.90 Å². The number of aromatic nitrogens is 1. The lowest BCUT2D eigenvalue weighted by Gasteiger charge is -2.35. The zero-order valence-corrected chi connectivity index (χ0v) is 17.4. The molecule has 0 aliphatic carbocycles. The van der Waals surface area contributed by atoms with Crippen molar-refractivity contribution in [2.75, 3.05) is 31.1 Å². The molecule has 2 aromatic carbocycles. The molecule has 0 N–H and O–H groups in total. The van der Waals surface area contributed by atoms with Gasteiger partial charge in [0.1, 0.15) is 5.01 Å². The van der Waals surface area contributed by atoms with Gasteiger partial charge in [0.2, 0.25) is 0 Å². The third-order valence-electron chi connectivity index (χ3n) is 4.60. The molecule has 4 rings (SSSR count). The monoisotopic (exact) mass is 447 g/mol. The molecule has 0 radical (unpaired) electrons. The number of nitrogens with zero attached hydrogens (tertiary/aromatic N) is 3. The number of hydrogen-bond donors (Lipinski definition) is 0. The molecule has 2 heterocycles. The van der Waals surface area contributed by atoms with Crippen LogP contribution in [0.1, 0.15) is 5.01 Å². The minimum absolute atomic E-state index is 0.757. The Bertz CT molecular complexity index is 873. The van der Waals surface area contributed by atoms with Crippen molar-refractivity contribution in [3.8, 4) is 11.3 Å². The molecular formula is C20H19BrClN3S. The Balaban J connectivity index is 1.35. The van der Waals surface area contributed by atoms with Crippen molar-refractivity contribution >= 4 is 44.6 Å². The van der Waals surface area contributed by atoms with Gasteiger partial charge in [0.25, 0.3) is 0 Å². The highest BCUT2D eigenvalue weighted by molar-refractivity contribution is 9.10. The summed E-state index contributed by atoms with van der Waals surface area (Å²) in [4.78, 5) is 9.74. The van der Waals surface area contributed by atoms with E-state index in [0.717, 1.165) is 53.5 Å². The smallest absolute Gasteiger partial charge is 0.107 e. The third kappa shape index (κ3) is 4.29. The van der Waals surface area contributed by atoms with Gasteiger partial charge in [-0.2, -0.15) is 0 Å². The van der Waals surface area contributed by atoms with Crippen LogP contribution in [0.4, 0.5) is 5.69 Å². The number of thiazole rings is 1. The van der Waals surface area contributed by atoms with Crippen LogP contribution in [0.15, 0.2) is 58.4 Å². The first-order valence-electron chi connectivity index (χ1n) is 8.60. The fraction of sp³-hybridized carbons (Fsp3) is 0.250. The van der Waals surface area contributed by atoms with E-state index in [1.165, 1.54) is 10.7 Å². The van der Waals surface area contributed by atoms with Gasteiger partial charge in [-0.25, -0.2) is 4.98 Å². The zero-order valence-electron chi connectivity index (χ0n) is 14.2. The Hall–Kier alpha value is -1.40. The molecular weight excluding hydrogens is 430 g/mol. The zero-order chi connectivity index (χ0) is 17.9. The Labute approximate surface area is 171 Å². The lowest BCUT2D eigenvalue weighted by Crippen LogP contribution is -2.45. The van der Waals surface area contributed by atoms with Crippen molar-refractivity contribution < 1.29 is 0 Å². The summed E-state index contributed by atoms with van der Waals surface area (Å²) < 4.78 is 1.13. The maximum absolute atomic E-state index is 5.97. The van der Waals surface area contributed by atoms with E-state index < -0.39 is 0 Å². The number of hydrogen-bond acceptors (Lipinski definition) is 4. The van der Waals surface area contributed by atoms with Crippen molar-refractivity contribution in [2.45, 2.75) is 6.54 Å². The lowest BCUT2D eigenvalue weighted by atomic mass is 10.2. The van der Waals surface area contributed by atoms with Gasteiger partial charge in [0, 0.05) is 52.3 Å². The first kappa shape index (κ1) is 18.0. The molecule has 0 atom stereocenters. The second kappa shape index (κ2) is 8.09. The van der Waals surface area contributed by atoms with E-state index >= 15 is 0 Å². The molecule has 134 valence electrons. The molecule has 0 saturated carbocycles. The standard InChI is InChI=1S/C20H19BrClN3S/c21-16-2-1-3-18(12-16)25-10-8-24(9-11-25)13-20-23-19(14-26-20)15-4-6-17(22)7-5-15/h1-7,12,14H,8-11,13H2. The van der Waals surface area contributed by atoms with Gasteiger partial charge < -0.3 is 4.90 Å². The van der Waals surface area contributed by atoms with Crippen LogP contribution in [0.5, 0.6) is 0 Å². The molecule has 0 amide bonds. The highest BCUT2D eigenvalue weighted by Crippen LogP contribution is 2.25. The van der Waals surface area contributed by atoms with Crippen LogP contribution in [-0.2, 0) is 6.54 Å². The summed E-state index contributed by atoms with van der Waals surface area (Å²) in [5.41, 5.74) is 3.45. The van der Waals surface area contributed by atoms with Gasteiger partial charge in [-0.15, -0.1) is 11.3 Å². The van der Waals surface area contributed by atoms with Crippen LogP contribution in [0.3, 0.4) is 0 Å². The summed E-state index contributed by atoms with van der Waals surface area (Å²) in [5.74, 6) is 0. The molecule has 0 spiro atoms. The predicted octanol–water partition coefficient (Wildman–Crippen LogP) is 5.55. The average molecular weight is 449 g/mol. The molecule has 0 unspecified atom stereocenters. The summed E-state index contributed by atoms with van der Waals surface area (Å²) in [5, 5.41) is 4.06. The van der Waals surface area contributed by atoms with Crippen molar-refractivity contribution in [2.24, 2.45) is 0 Å². The van der Waals surface area contributed by atoms with Crippen LogP contribution >= 0.6 is 38.9 Å². The van der Waals surface area contributed by atoms with Crippen LogP contribution in [-0.4, -0.2) is 36.1 Å². The van der Waals surface area contributed by atoms with Crippen molar-refractivity contribution in [3.63, 3.8) is 0 Å². The average Bonchev–Trinajstić information content (AvgIpc) is 3.11. The highest BCUT2D eigenvalue weighted by Gasteiger charge is 2.18. The van der Waals surface area contributed by atoms with Crippen molar-refractivity contribution in [1.82, 2.24) is 9.88 Å². The molecule has 26 heavy (non-hydrogen) atoms. The van der Waals surface area contributed by atoms with Gasteiger partial charge in [0.05, 0.1) is 12.2 Å². The summed E-state index contributed by atoms with van der Waals surface area (Å²) in [6.45, 7) is 5.13. The normalized spacial score (nSPS) is 15.4. The summed E-state index contributed by atoms with van der Waals surface area (Å²) in [6.07, 6.45) is 0. The molecule has 3 aromatic rings. The molecule has 1 fully saturated rings. The van der Waals surface area contributed by atoms with E-state index in [4.69, 9.17) is 16.6 Å². The summed E-state index contributed by atoms with van der Waals surface area (Å²) in [6, 6.07) is 16.4. The molecule has 1 aromatic heterocycles. The van der Waals surface area contributed by atoms with Crippen LogP contribution < -0.4 is 4.90 Å². The second-order valence-corrected chi connectivity index (χ2v) is 8.67. The Morgan fingerprint density at radius 1 is 1.04 bits per heavy atom. The van der Waals surface area contributed by atoms with Crippen molar-refractivity contribution in [1.29, 1.82) is 0 Å². The van der Waals surface area contributed by atoms with Gasteiger partial charge >= 0.3 is 0 Å². The quantitative estimate of drug-likeness (QED) is 0.522. The van der Waals surface area contributed by atoms with Crippen LogP contribution in [0.2, 0.25) is 5.02 Å². The Morgan fingerprint density at radius 2 is 1.81 bits per heavy atom. The van der Waals surface area contributed by atoms with E-state index in [1.807, 2.05) is 24.3 Å². The van der Waals surface area contributed by atoms with E-state index in [2.05, 4.69) is 55.4 Å². The van der Waals surface area contributed by atoms with Crippen LogP contribution in [0, 0.1) is 0 Å². The maximum atomic E-state index is 5.97. The summed E-state index contributed by atoms with van der Waals surface area (Å²) in [7, 11) is 0. The second-order valence-electron chi connectivity index (χ2n) is 6.38. The minimum atomic E-state index is 0.757. The fourth-order valence-electron chi connectivity index (χ4n) is 3.17. The molecule has 3 nitrogen and oxygen atoms in total. The van der Waals surface area contributed by atoms with E-state index in [0.29, 0.717) is 0 Å². The predicted molar refractivity (Wildman–Crippen MR) is 114 cm³/mol. The third-order valence-corrected chi connectivity index (χ3v) is 6.18.